The van der Waals surface area contributed by atoms with E-state index in [1.54, 1.807) is 30.7 Å². The van der Waals surface area contributed by atoms with Crippen LogP contribution in [0.25, 0.3) is 27.7 Å². The molecule has 0 saturated heterocycles. The molecule has 3 heterocycles. The lowest BCUT2D eigenvalue weighted by Gasteiger charge is -2.13. The maximum Gasteiger partial charge on any atom is 0.316 e. The van der Waals surface area contributed by atoms with Gasteiger partial charge in [0.05, 0.1) is 18.8 Å². The summed E-state index contributed by atoms with van der Waals surface area (Å²) < 4.78 is 40.8. The van der Waals surface area contributed by atoms with Crippen LogP contribution >= 0.6 is 0 Å². The minimum atomic E-state index is -0.756. The van der Waals surface area contributed by atoms with Crippen LogP contribution in [-0.2, 0) is 0 Å². The molecule has 0 saturated carbocycles. The number of rotatable bonds is 7. The highest BCUT2D eigenvalue weighted by Gasteiger charge is 2.17. The number of aromatic amines is 1. The number of nitrogens with one attached hydrogen (secondary N) is 2. The Bertz CT molecular complexity index is 1990. The second-order valence-corrected chi connectivity index (χ2v) is 9.04. The van der Waals surface area contributed by atoms with Crippen molar-refractivity contribution in [1.29, 1.82) is 0 Å². The molecular formula is C30H20F2N6O4. The molecule has 0 radical (unpaired) electrons. The number of nitrogens with zero attached hydrogens (tertiary/aromatic N) is 4. The molecular weight excluding hydrogens is 546 g/mol. The molecule has 0 fully saturated rings. The average Bonchev–Trinajstić information content (AvgIpc) is 3.46. The van der Waals surface area contributed by atoms with Crippen molar-refractivity contribution in [2.24, 2.45) is 0 Å². The van der Waals surface area contributed by atoms with Crippen molar-refractivity contribution in [1.82, 2.24) is 24.7 Å². The Kier molecular flexibility index (Phi) is 6.85. The van der Waals surface area contributed by atoms with Crippen molar-refractivity contribution in [3.05, 3.63) is 119 Å². The third-order valence-electron chi connectivity index (χ3n) is 6.37. The van der Waals surface area contributed by atoms with Crippen molar-refractivity contribution in [3.63, 3.8) is 0 Å². The van der Waals surface area contributed by atoms with Crippen LogP contribution in [0.2, 0.25) is 0 Å². The molecule has 0 spiro atoms. The predicted molar refractivity (Wildman–Crippen MR) is 150 cm³/mol. The normalized spacial score (nSPS) is 10.9. The molecule has 0 unspecified atom stereocenters. The van der Waals surface area contributed by atoms with Gasteiger partial charge in [0.25, 0.3) is 11.5 Å². The van der Waals surface area contributed by atoms with E-state index in [1.165, 1.54) is 66.4 Å². The zero-order valence-corrected chi connectivity index (χ0v) is 21.8. The fourth-order valence-electron chi connectivity index (χ4n) is 4.29. The summed E-state index contributed by atoms with van der Waals surface area (Å²) in [6.45, 7) is 0. The third-order valence-corrected chi connectivity index (χ3v) is 6.37. The van der Waals surface area contributed by atoms with Gasteiger partial charge in [-0.25, -0.2) is 18.7 Å². The Labute approximate surface area is 236 Å². The number of hydrogen-bond acceptors (Lipinski definition) is 7. The van der Waals surface area contributed by atoms with Gasteiger partial charge in [-0.3, -0.25) is 19.3 Å². The molecule has 0 aliphatic heterocycles. The quantitative estimate of drug-likeness (QED) is 0.261. The number of hydrogen-bond donors (Lipinski definition) is 2. The summed E-state index contributed by atoms with van der Waals surface area (Å²) in [5.74, 6) is -1.74. The number of anilines is 1. The van der Waals surface area contributed by atoms with E-state index in [1.807, 2.05) is 0 Å². The summed E-state index contributed by atoms with van der Waals surface area (Å²) in [6.07, 6.45) is 6.18. The molecule has 10 nitrogen and oxygen atoms in total. The fourth-order valence-corrected chi connectivity index (χ4v) is 4.29. The first-order chi connectivity index (χ1) is 20.4. The summed E-state index contributed by atoms with van der Waals surface area (Å²) in [5, 5.41) is 10.2. The molecule has 0 bridgehead atoms. The van der Waals surface area contributed by atoms with Crippen molar-refractivity contribution in [2.75, 3.05) is 12.4 Å². The van der Waals surface area contributed by atoms with Crippen molar-refractivity contribution in [3.8, 4) is 34.3 Å². The van der Waals surface area contributed by atoms with Crippen LogP contribution in [0.4, 0.5) is 14.5 Å². The number of aromatic nitrogens is 5. The minimum absolute atomic E-state index is 0.107. The highest BCUT2D eigenvalue weighted by molar-refractivity contribution is 6.04. The van der Waals surface area contributed by atoms with E-state index in [4.69, 9.17) is 9.47 Å². The molecule has 0 aliphatic carbocycles. The van der Waals surface area contributed by atoms with E-state index in [2.05, 4.69) is 25.5 Å². The minimum Gasteiger partial charge on any atom is -0.467 e. The zero-order chi connectivity index (χ0) is 29.2. The number of carbonyl (C=O) groups is 1. The lowest BCUT2D eigenvalue weighted by molar-refractivity contribution is 0.102. The zero-order valence-electron chi connectivity index (χ0n) is 21.8. The molecule has 3 aromatic carbocycles. The number of pyridine rings is 1. The first-order valence-corrected chi connectivity index (χ1v) is 12.5. The molecule has 6 aromatic rings. The summed E-state index contributed by atoms with van der Waals surface area (Å²) in [7, 11) is 1.46. The standard InChI is InChI=1S/C30H20F2N6O4/c1-41-30-33-14-18(15-34-30)23-13-25-17(16-35-37-25)11-27(23)42-26-9-6-20(12-24(26)32)36-28(39)22-3-2-10-38(29(22)40)21-7-4-19(31)5-8-21/h2-16H,1H3,(H,35,37)(H,36,39). The molecule has 6 rings (SSSR count). The maximum absolute atomic E-state index is 15.2. The number of halogens is 2. The number of fused-ring (bicyclic) bond motifs is 1. The van der Waals surface area contributed by atoms with E-state index in [0.717, 1.165) is 17.0 Å². The van der Waals surface area contributed by atoms with Crippen LogP contribution in [0.5, 0.6) is 17.5 Å². The molecule has 0 aliphatic rings. The smallest absolute Gasteiger partial charge is 0.316 e. The van der Waals surface area contributed by atoms with Crippen LogP contribution in [0.1, 0.15) is 10.4 Å². The monoisotopic (exact) mass is 566 g/mol. The van der Waals surface area contributed by atoms with Gasteiger partial charge < -0.3 is 14.8 Å². The van der Waals surface area contributed by atoms with Crippen molar-refractivity contribution < 1.29 is 23.0 Å². The van der Waals surface area contributed by atoms with Gasteiger partial charge >= 0.3 is 6.01 Å². The first kappa shape index (κ1) is 26.3. The molecule has 12 heteroatoms. The SMILES string of the molecule is COc1ncc(-c2cc3[nH]ncc3cc2Oc2ccc(NC(=O)c3cccn(-c4ccc(F)cc4)c3=O)cc2F)cn1. The van der Waals surface area contributed by atoms with Gasteiger partial charge in [0.15, 0.2) is 11.6 Å². The summed E-state index contributed by atoms with van der Waals surface area (Å²) in [5.41, 5.74) is 1.60. The molecule has 0 atom stereocenters. The molecule has 1 amide bonds. The summed E-state index contributed by atoms with van der Waals surface area (Å²) in [6, 6.07) is 15.7. The lowest BCUT2D eigenvalue weighted by Crippen LogP contribution is -2.27. The third kappa shape index (κ3) is 5.16. The lowest BCUT2D eigenvalue weighted by atomic mass is 10.1. The molecule has 3 aromatic heterocycles. The average molecular weight is 567 g/mol. The van der Waals surface area contributed by atoms with Crippen molar-refractivity contribution >= 4 is 22.5 Å². The van der Waals surface area contributed by atoms with Crippen LogP contribution < -0.4 is 20.3 Å². The highest BCUT2D eigenvalue weighted by Crippen LogP contribution is 2.37. The highest BCUT2D eigenvalue weighted by atomic mass is 19.1. The van der Waals surface area contributed by atoms with E-state index in [0.29, 0.717) is 22.6 Å². The van der Waals surface area contributed by atoms with Gasteiger partial charge in [-0.2, -0.15) is 5.10 Å². The van der Waals surface area contributed by atoms with Gasteiger partial charge in [0.2, 0.25) is 0 Å². The number of carbonyl (C=O) groups excluding carboxylic acids is 1. The van der Waals surface area contributed by atoms with Crippen LogP contribution in [0.3, 0.4) is 0 Å². The molecule has 2 N–H and O–H groups in total. The van der Waals surface area contributed by atoms with E-state index >= 15 is 4.39 Å². The van der Waals surface area contributed by atoms with Crippen LogP contribution in [-0.4, -0.2) is 37.7 Å². The van der Waals surface area contributed by atoms with Crippen LogP contribution in [0.15, 0.2) is 96.3 Å². The second-order valence-electron chi connectivity index (χ2n) is 9.04. The Balaban J connectivity index is 1.26. The van der Waals surface area contributed by atoms with Gasteiger partial charge in [-0.15, -0.1) is 0 Å². The predicted octanol–water partition coefficient (Wildman–Crippen LogP) is 5.50. The Morgan fingerprint density at radius 1 is 0.952 bits per heavy atom. The second kappa shape index (κ2) is 10.9. The number of H-pyrrole nitrogens is 1. The van der Waals surface area contributed by atoms with Gasteiger partial charge in [0, 0.05) is 52.5 Å². The molecule has 42 heavy (non-hydrogen) atoms. The van der Waals surface area contributed by atoms with Gasteiger partial charge in [-0.05, 0) is 60.7 Å². The number of amides is 1. The number of methoxy groups -OCH3 is 1. The van der Waals surface area contributed by atoms with Gasteiger partial charge in [-0.1, -0.05) is 0 Å². The number of ether oxygens (including phenoxy) is 2. The molecule has 208 valence electrons. The number of benzene rings is 3. The summed E-state index contributed by atoms with van der Waals surface area (Å²) in [4.78, 5) is 34.2. The van der Waals surface area contributed by atoms with E-state index in [9.17, 15) is 14.0 Å². The largest absolute Gasteiger partial charge is 0.467 e. The Morgan fingerprint density at radius 2 is 1.74 bits per heavy atom. The maximum atomic E-state index is 15.2. The topological polar surface area (TPSA) is 124 Å². The summed E-state index contributed by atoms with van der Waals surface area (Å²) >= 11 is 0. The van der Waals surface area contributed by atoms with Crippen LogP contribution in [0, 0.1) is 11.6 Å². The van der Waals surface area contributed by atoms with Crippen molar-refractivity contribution in [2.45, 2.75) is 0 Å². The Morgan fingerprint density at radius 3 is 2.48 bits per heavy atom. The first-order valence-electron chi connectivity index (χ1n) is 12.5. The fraction of sp³-hybridized carbons (Fsp3) is 0.0333. The van der Waals surface area contributed by atoms with E-state index < -0.39 is 23.1 Å². The van der Waals surface area contributed by atoms with E-state index in [-0.39, 0.29) is 23.0 Å². The van der Waals surface area contributed by atoms with Gasteiger partial charge in [0.1, 0.15) is 17.1 Å². The Hall–Kier alpha value is -5.91.